The predicted molar refractivity (Wildman–Crippen MR) is 43.9 cm³/mol. The number of nitrogens with zero attached hydrogens (tertiary/aromatic N) is 2. The molecule has 0 aliphatic rings. The second-order valence-corrected chi connectivity index (χ2v) is 2.73. The molecule has 70 valence electrons. The van der Waals surface area contributed by atoms with Crippen molar-refractivity contribution in [2.45, 2.75) is 13.0 Å². The van der Waals surface area contributed by atoms with Crippen LogP contribution in [0.5, 0.6) is 0 Å². The zero-order chi connectivity index (χ0) is 9.84. The summed E-state index contributed by atoms with van der Waals surface area (Å²) in [7, 11) is 0. The summed E-state index contributed by atoms with van der Waals surface area (Å²) >= 11 is 5.04. The van der Waals surface area contributed by atoms with Gasteiger partial charge in [-0.05, 0) is 17.7 Å². The number of carbonyl (C=O) groups excluding carboxylic acids is 1. The fourth-order valence-electron chi connectivity index (χ4n) is 0.779. The van der Waals surface area contributed by atoms with E-state index in [1.807, 2.05) is 0 Å². The third-order valence-electron chi connectivity index (χ3n) is 1.39. The maximum Gasteiger partial charge on any atom is 0.302 e. The molecule has 0 spiro atoms. The molecule has 4 nitrogen and oxygen atoms in total. The lowest BCUT2D eigenvalue weighted by atomic mass is 10.4. The van der Waals surface area contributed by atoms with Gasteiger partial charge in [0.05, 0.1) is 12.7 Å². The van der Waals surface area contributed by atoms with Gasteiger partial charge in [-0.1, -0.05) is 0 Å². The average Bonchev–Trinajstić information content (AvgIpc) is 2.07. The van der Waals surface area contributed by atoms with Gasteiger partial charge in [0.2, 0.25) is 5.24 Å². The van der Waals surface area contributed by atoms with Crippen LogP contribution in [0.4, 0.5) is 4.39 Å². The van der Waals surface area contributed by atoms with E-state index in [2.05, 4.69) is 5.10 Å². The molecule has 1 rings (SSSR count). The van der Waals surface area contributed by atoms with Crippen molar-refractivity contribution in [1.29, 1.82) is 0 Å². The zero-order valence-corrected chi connectivity index (χ0v) is 7.29. The Hall–Kier alpha value is -1.23. The average molecular weight is 205 g/mol. The molecule has 0 radical (unpaired) electrons. The van der Waals surface area contributed by atoms with Crippen molar-refractivity contribution in [3.8, 4) is 0 Å². The first kappa shape index (κ1) is 9.85. The number of carbonyl (C=O) groups is 1. The Balaban J connectivity index is 2.84. The quantitative estimate of drug-likeness (QED) is 0.676. The highest BCUT2D eigenvalue weighted by molar-refractivity contribution is 6.63. The van der Waals surface area contributed by atoms with E-state index >= 15 is 0 Å². The fourth-order valence-corrected chi connectivity index (χ4v) is 0.864. The molecule has 1 aromatic heterocycles. The fraction of sp³-hybridized carbons (Fsp3) is 0.286. The summed E-state index contributed by atoms with van der Waals surface area (Å²) < 4.78 is 13.5. The van der Waals surface area contributed by atoms with Crippen LogP contribution in [0.3, 0.4) is 0 Å². The third-order valence-corrected chi connectivity index (χ3v) is 1.57. The molecule has 1 heterocycles. The van der Waals surface area contributed by atoms with Crippen LogP contribution in [-0.2, 0) is 11.3 Å². The molecule has 0 unspecified atom stereocenters. The van der Waals surface area contributed by atoms with E-state index in [1.54, 1.807) is 0 Å². The van der Waals surface area contributed by atoms with Crippen molar-refractivity contribution in [1.82, 2.24) is 9.78 Å². The minimum absolute atomic E-state index is 0.00106. The van der Waals surface area contributed by atoms with Gasteiger partial charge in [-0.15, -0.1) is 0 Å². The molecule has 1 aromatic rings. The summed E-state index contributed by atoms with van der Waals surface area (Å²) in [4.78, 5) is 21.3. The minimum atomic E-state index is -0.892. The first-order valence-corrected chi connectivity index (χ1v) is 3.89. The maximum atomic E-state index is 12.6. The van der Waals surface area contributed by atoms with Crippen molar-refractivity contribution in [3.05, 3.63) is 28.4 Å². The van der Waals surface area contributed by atoms with E-state index < -0.39 is 16.6 Å². The highest BCUT2D eigenvalue weighted by Gasteiger charge is 2.04. The van der Waals surface area contributed by atoms with Gasteiger partial charge in [-0.3, -0.25) is 9.59 Å². The first-order chi connectivity index (χ1) is 6.11. The Labute approximate surface area is 77.9 Å². The van der Waals surface area contributed by atoms with Crippen molar-refractivity contribution in [3.63, 3.8) is 0 Å². The second-order valence-electron chi connectivity index (χ2n) is 2.31. The molecule has 0 saturated carbocycles. The molecule has 0 aliphatic carbocycles. The number of rotatable bonds is 3. The molecule has 0 fully saturated rings. The number of aromatic nitrogens is 2. The van der Waals surface area contributed by atoms with Crippen LogP contribution in [0.15, 0.2) is 17.1 Å². The molecule has 0 aliphatic heterocycles. The number of hydrogen-bond donors (Lipinski definition) is 0. The standard InChI is InChI=1S/C7H6ClFN2O2/c8-6(12)2-4-11-7(13)5(9)1-3-10-11/h1,3H,2,4H2. The summed E-state index contributed by atoms with van der Waals surface area (Å²) in [6.07, 6.45) is 1.10. The van der Waals surface area contributed by atoms with Gasteiger partial charge in [0.1, 0.15) is 0 Å². The van der Waals surface area contributed by atoms with Crippen LogP contribution in [0.1, 0.15) is 6.42 Å². The SMILES string of the molecule is O=C(Cl)CCn1nccc(F)c1=O. The number of halogens is 2. The summed E-state index contributed by atoms with van der Waals surface area (Å²) in [6, 6.07) is 0.960. The summed E-state index contributed by atoms with van der Waals surface area (Å²) in [5.41, 5.74) is -0.847. The van der Waals surface area contributed by atoms with Crippen LogP contribution in [-0.4, -0.2) is 15.0 Å². The molecule has 0 saturated heterocycles. The van der Waals surface area contributed by atoms with Gasteiger partial charge in [0.25, 0.3) is 0 Å². The van der Waals surface area contributed by atoms with E-state index in [0.717, 1.165) is 16.9 Å². The van der Waals surface area contributed by atoms with E-state index in [1.165, 1.54) is 0 Å². The maximum absolute atomic E-state index is 12.6. The Morgan fingerprint density at radius 3 is 3.00 bits per heavy atom. The topological polar surface area (TPSA) is 52.0 Å². The van der Waals surface area contributed by atoms with Crippen molar-refractivity contribution < 1.29 is 9.18 Å². The molecule has 0 bridgehead atoms. The first-order valence-electron chi connectivity index (χ1n) is 3.51. The zero-order valence-electron chi connectivity index (χ0n) is 6.54. The largest absolute Gasteiger partial charge is 0.302 e. The Bertz CT molecular complexity index is 377. The molecule has 6 heteroatoms. The van der Waals surface area contributed by atoms with Gasteiger partial charge >= 0.3 is 5.56 Å². The number of hydrogen-bond acceptors (Lipinski definition) is 3. The molecular weight excluding hydrogens is 199 g/mol. The lowest BCUT2D eigenvalue weighted by Gasteiger charge is -2.00. The van der Waals surface area contributed by atoms with Crippen molar-refractivity contribution in [2.75, 3.05) is 0 Å². The lowest BCUT2D eigenvalue weighted by Crippen LogP contribution is -2.25. The van der Waals surface area contributed by atoms with Crippen LogP contribution in [0.25, 0.3) is 0 Å². The van der Waals surface area contributed by atoms with E-state index in [4.69, 9.17) is 11.6 Å². The van der Waals surface area contributed by atoms with Crippen LogP contribution >= 0.6 is 11.6 Å². The van der Waals surface area contributed by atoms with Gasteiger partial charge in [-0.2, -0.15) is 5.10 Å². The smallest absolute Gasteiger partial charge is 0.281 e. The summed E-state index contributed by atoms with van der Waals surface area (Å²) in [5, 5.41) is 2.98. The third kappa shape index (κ3) is 2.62. The second kappa shape index (κ2) is 4.13. The molecule has 0 aromatic carbocycles. The van der Waals surface area contributed by atoms with Gasteiger partial charge < -0.3 is 0 Å². The summed E-state index contributed by atoms with van der Waals surface area (Å²) in [5.74, 6) is -0.892. The van der Waals surface area contributed by atoms with Crippen LogP contribution in [0, 0.1) is 5.82 Å². The molecular formula is C7H6ClFN2O2. The Morgan fingerprint density at radius 2 is 2.38 bits per heavy atom. The van der Waals surface area contributed by atoms with Crippen molar-refractivity contribution >= 4 is 16.8 Å². The Kier molecular flexibility index (Phi) is 3.13. The van der Waals surface area contributed by atoms with Gasteiger partial charge in [-0.25, -0.2) is 9.07 Å². The minimum Gasteiger partial charge on any atom is -0.281 e. The Morgan fingerprint density at radius 1 is 1.69 bits per heavy atom. The monoisotopic (exact) mass is 204 g/mol. The van der Waals surface area contributed by atoms with Crippen LogP contribution < -0.4 is 5.56 Å². The molecule has 0 N–H and O–H groups in total. The predicted octanol–water partition coefficient (Wildman–Crippen LogP) is 0.538. The van der Waals surface area contributed by atoms with E-state index in [0.29, 0.717) is 0 Å². The number of aryl methyl sites for hydroxylation is 1. The normalized spacial score (nSPS) is 10.0. The highest BCUT2D eigenvalue weighted by atomic mass is 35.5. The van der Waals surface area contributed by atoms with Crippen molar-refractivity contribution in [2.24, 2.45) is 0 Å². The van der Waals surface area contributed by atoms with E-state index in [-0.39, 0.29) is 13.0 Å². The summed E-state index contributed by atoms with van der Waals surface area (Å²) in [6.45, 7) is -0.00106. The lowest BCUT2D eigenvalue weighted by molar-refractivity contribution is -0.111. The molecule has 13 heavy (non-hydrogen) atoms. The highest BCUT2D eigenvalue weighted by Crippen LogP contribution is 1.91. The van der Waals surface area contributed by atoms with Gasteiger partial charge in [0, 0.05) is 6.42 Å². The van der Waals surface area contributed by atoms with Crippen LogP contribution in [0.2, 0.25) is 0 Å². The van der Waals surface area contributed by atoms with E-state index in [9.17, 15) is 14.0 Å². The van der Waals surface area contributed by atoms with Gasteiger partial charge in [0.15, 0.2) is 5.82 Å². The molecule has 0 amide bonds. The molecule has 0 atom stereocenters.